The van der Waals surface area contributed by atoms with Crippen LogP contribution in [0.3, 0.4) is 0 Å². The molecule has 2 aromatic rings. The van der Waals surface area contributed by atoms with Crippen molar-refractivity contribution in [2.45, 2.75) is 31.4 Å². The second kappa shape index (κ2) is 8.74. The first-order valence-electron chi connectivity index (χ1n) is 8.37. The van der Waals surface area contributed by atoms with E-state index in [0.717, 1.165) is 5.56 Å². The maximum absolute atomic E-state index is 14.6. The minimum Gasteiger partial charge on any atom is -0.459 e. The van der Waals surface area contributed by atoms with Crippen LogP contribution in [-0.2, 0) is 20.8 Å². The Morgan fingerprint density at radius 2 is 1.76 bits per heavy atom. The second-order valence-electron chi connectivity index (χ2n) is 5.94. The van der Waals surface area contributed by atoms with Gasteiger partial charge in [0.2, 0.25) is 0 Å². The van der Waals surface area contributed by atoms with Crippen molar-refractivity contribution in [1.29, 1.82) is 0 Å². The standard InChI is InChI=1S/C20H21FO4/c21-19-17(24-13-15-7-3-1-4-8-15)11-12-23-18(19)14-25-20(22)16-9-5-2-6-10-16/h1-10,17-19H,11-14H2. The van der Waals surface area contributed by atoms with Crippen molar-refractivity contribution in [2.75, 3.05) is 13.2 Å². The molecule has 0 spiro atoms. The summed E-state index contributed by atoms with van der Waals surface area (Å²) in [5, 5.41) is 0. The van der Waals surface area contributed by atoms with E-state index < -0.39 is 24.3 Å². The van der Waals surface area contributed by atoms with E-state index in [2.05, 4.69) is 0 Å². The van der Waals surface area contributed by atoms with Gasteiger partial charge in [-0.15, -0.1) is 0 Å². The predicted octanol–water partition coefficient (Wildman–Crippen LogP) is 3.56. The Hall–Kier alpha value is -2.24. The molecule has 1 aliphatic heterocycles. The summed E-state index contributed by atoms with van der Waals surface area (Å²) < 4.78 is 31.0. The van der Waals surface area contributed by atoms with E-state index >= 15 is 0 Å². The minimum absolute atomic E-state index is 0.125. The Morgan fingerprint density at radius 1 is 1.08 bits per heavy atom. The molecule has 3 atom stereocenters. The van der Waals surface area contributed by atoms with E-state index in [0.29, 0.717) is 25.2 Å². The molecule has 0 saturated carbocycles. The van der Waals surface area contributed by atoms with Crippen LogP contribution in [0.2, 0.25) is 0 Å². The summed E-state index contributed by atoms with van der Waals surface area (Å²) in [7, 11) is 0. The molecule has 132 valence electrons. The Balaban J connectivity index is 1.49. The van der Waals surface area contributed by atoms with Crippen molar-refractivity contribution in [2.24, 2.45) is 0 Å². The molecule has 0 bridgehead atoms. The Kier molecular flexibility index (Phi) is 6.14. The molecule has 0 aliphatic carbocycles. The number of alkyl halides is 1. The van der Waals surface area contributed by atoms with Crippen LogP contribution in [0, 0.1) is 0 Å². The summed E-state index contributed by atoms with van der Waals surface area (Å²) in [5.41, 5.74) is 1.43. The molecule has 2 aromatic carbocycles. The van der Waals surface area contributed by atoms with E-state index in [1.54, 1.807) is 24.3 Å². The minimum atomic E-state index is -1.33. The highest BCUT2D eigenvalue weighted by molar-refractivity contribution is 5.89. The maximum atomic E-state index is 14.6. The van der Waals surface area contributed by atoms with Gasteiger partial charge in [0.1, 0.15) is 12.7 Å². The predicted molar refractivity (Wildman–Crippen MR) is 91.0 cm³/mol. The molecule has 5 heteroatoms. The van der Waals surface area contributed by atoms with Gasteiger partial charge in [0.15, 0.2) is 6.17 Å². The van der Waals surface area contributed by atoms with Crippen LogP contribution in [0.15, 0.2) is 60.7 Å². The molecule has 1 heterocycles. The monoisotopic (exact) mass is 344 g/mol. The molecule has 1 aliphatic rings. The van der Waals surface area contributed by atoms with E-state index in [-0.39, 0.29) is 6.61 Å². The van der Waals surface area contributed by atoms with Gasteiger partial charge >= 0.3 is 5.97 Å². The Labute approximate surface area is 146 Å². The lowest BCUT2D eigenvalue weighted by molar-refractivity contribution is -0.143. The molecule has 3 unspecified atom stereocenters. The topological polar surface area (TPSA) is 44.8 Å². The SMILES string of the molecule is O=C(OCC1OCCC(OCc2ccccc2)C1F)c1ccccc1. The molecule has 0 aromatic heterocycles. The largest absolute Gasteiger partial charge is 0.459 e. The quantitative estimate of drug-likeness (QED) is 0.752. The summed E-state index contributed by atoms with van der Waals surface area (Å²) in [5.74, 6) is -0.483. The molecule has 0 N–H and O–H groups in total. The maximum Gasteiger partial charge on any atom is 0.338 e. The Morgan fingerprint density at radius 3 is 2.48 bits per heavy atom. The van der Waals surface area contributed by atoms with Gasteiger partial charge < -0.3 is 14.2 Å². The smallest absolute Gasteiger partial charge is 0.338 e. The highest BCUT2D eigenvalue weighted by Gasteiger charge is 2.36. The number of esters is 1. The number of rotatable bonds is 6. The molecular formula is C20H21FO4. The number of hydrogen-bond donors (Lipinski definition) is 0. The fourth-order valence-electron chi connectivity index (χ4n) is 2.73. The van der Waals surface area contributed by atoms with Crippen LogP contribution in [0.5, 0.6) is 0 Å². The zero-order valence-electron chi connectivity index (χ0n) is 13.8. The van der Waals surface area contributed by atoms with Gasteiger partial charge in [-0.25, -0.2) is 9.18 Å². The van der Waals surface area contributed by atoms with Crippen LogP contribution in [0.4, 0.5) is 4.39 Å². The van der Waals surface area contributed by atoms with Crippen LogP contribution in [-0.4, -0.2) is 37.6 Å². The molecule has 1 saturated heterocycles. The summed E-state index contributed by atoms with van der Waals surface area (Å²) in [6.45, 7) is 0.607. The van der Waals surface area contributed by atoms with Crippen LogP contribution in [0.1, 0.15) is 22.3 Å². The molecule has 25 heavy (non-hydrogen) atoms. The number of carbonyl (C=O) groups is 1. The molecule has 0 radical (unpaired) electrons. The number of hydrogen-bond acceptors (Lipinski definition) is 4. The normalized spacial score (nSPS) is 23.2. The Bertz CT molecular complexity index is 662. The number of benzene rings is 2. The van der Waals surface area contributed by atoms with Crippen LogP contribution >= 0.6 is 0 Å². The van der Waals surface area contributed by atoms with Gasteiger partial charge in [-0.1, -0.05) is 48.5 Å². The molecule has 1 fully saturated rings. The second-order valence-corrected chi connectivity index (χ2v) is 5.94. The highest BCUT2D eigenvalue weighted by Crippen LogP contribution is 2.22. The lowest BCUT2D eigenvalue weighted by Gasteiger charge is -2.32. The van der Waals surface area contributed by atoms with E-state index in [1.807, 2.05) is 36.4 Å². The number of carbonyl (C=O) groups excluding carboxylic acids is 1. The summed E-state index contributed by atoms with van der Waals surface area (Å²) in [6.07, 6.45) is -2.21. The average Bonchev–Trinajstić information content (AvgIpc) is 2.67. The van der Waals surface area contributed by atoms with E-state index in [9.17, 15) is 9.18 Å². The zero-order chi connectivity index (χ0) is 17.5. The van der Waals surface area contributed by atoms with Gasteiger partial charge in [0, 0.05) is 6.61 Å². The molecule has 4 nitrogen and oxygen atoms in total. The van der Waals surface area contributed by atoms with Crippen molar-refractivity contribution in [3.63, 3.8) is 0 Å². The molecular weight excluding hydrogens is 323 g/mol. The summed E-state index contributed by atoms with van der Waals surface area (Å²) >= 11 is 0. The molecule has 3 rings (SSSR count). The first kappa shape index (κ1) is 17.6. The van der Waals surface area contributed by atoms with Gasteiger partial charge in [-0.2, -0.15) is 0 Å². The zero-order valence-corrected chi connectivity index (χ0v) is 13.8. The van der Waals surface area contributed by atoms with Gasteiger partial charge in [-0.05, 0) is 24.1 Å². The third kappa shape index (κ3) is 4.87. The average molecular weight is 344 g/mol. The van der Waals surface area contributed by atoms with Gasteiger partial charge in [-0.3, -0.25) is 0 Å². The van der Waals surface area contributed by atoms with Crippen molar-refractivity contribution in [1.82, 2.24) is 0 Å². The van der Waals surface area contributed by atoms with E-state index in [1.165, 1.54) is 0 Å². The van der Waals surface area contributed by atoms with Crippen molar-refractivity contribution in [3.05, 3.63) is 71.8 Å². The fourth-order valence-corrected chi connectivity index (χ4v) is 2.73. The lowest BCUT2D eigenvalue weighted by Crippen LogP contribution is -2.45. The van der Waals surface area contributed by atoms with Crippen molar-refractivity contribution >= 4 is 5.97 Å². The first-order chi connectivity index (χ1) is 12.2. The van der Waals surface area contributed by atoms with Crippen molar-refractivity contribution in [3.8, 4) is 0 Å². The molecule has 0 amide bonds. The third-order valence-corrected chi connectivity index (χ3v) is 4.14. The van der Waals surface area contributed by atoms with Crippen LogP contribution in [0.25, 0.3) is 0 Å². The highest BCUT2D eigenvalue weighted by atomic mass is 19.1. The van der Waals surface area contributed by atoms with E-state index in [4.69, 9.17) is 14.2 Å². The number of ether oxygens (including phenoxy) is 3. The third-order valence-electron chi connectivity index (χ3n) is 4.14. The summed E-state index contributed by atoms with van der Waals surface area (Å²) in [4.78, 5) is 12.0. The fraction of sp³-hybridized carbons (Fsp3) is 0.350. The van der Waals surface area contributed by atoms with Crippen LogP contribution < -0.4 is 0 Å². The number of halogens is 1. The van der Waals surface area contributed by atoms with Crippen molar-refractivity contribution < 1.29 is 23.4 Å². The first-order valence-corrected chi connectivity index (χ1v) is 8.37. The van der Waals surface area contributed by atoms with Gasteiger partial charge in [0.25, 0.3) is 0 Å². The lowest BCUT2D eigenvalue weighted by atomic mass is 10.0. The summed E-state index contributed by atoms with van der Waals surface area (Å²) in [6, 6.07) is 18.3. The van der Waals surface area contributed by atoms with Gasteiger partial charge in [0.05, 0.1) is 18.3 Å².